The number of nitrogens with zero attached hydrogens (tertiary/aromatic N) is 1. The van der Waals surface area contributed by atoms with Gasteiger partial charge in [0.25, 0.3) is 5.91 Å². The van der Waals surface area contributed by atoms with Crippen molar-refractivity contribution in [1.29, 1.82) is 0 Å². The van der Waals surface area contributed by atoms with E-state index in [4.69, 9.17) is 16.0 Å². The Morgan fingerprint density at radius 1 is 1.42 bits per heavy atom. The van der Waals surface area contributed by atoms with Gasteiger partial charge in [0.15, 0.2) is 5.76 Å². The molecule has 0 aliphatic carbocycles. The number of hydrogen-bond acceptors (Lipinski definition) is 3. The van der Waals surface area contributed by atoms with Crippen LogP contribution in [0.1, 0.15) is 34.3 Å². The molecule has 4 nitrogen and oxygen atoms in total. The molecule has 1 atom stereocenters. The number of carbonyl (C=O) groups is 1. The fraction of sp³-hybridized carbons (Fsp3) is 0.286. The number of hydrogen-bond donors (Lipinski definition) is 1. The van der Waals surface area contributed by atoms with Crippen LogP contribution in [0.3, 0.4) is 0 Å². The quantitative estimate of drug-likeness (QED) is 0.856. The van der Waals surface area contributed by atoms with Crippen LogP contribution in [0.15, 0.2) is 40.9 Å². The molecule has 5 heteroatoms. The minimum atomic E-state index is -0.241. The lowest BCUT2D eigenvalue weighted by Crippen LogP contribution is -2.25. The topological polar surface area (TPSA) is 55.1 Å². The monoisotopic (exact) mass is 278 g/mol. The van der Waals surface area contributed by atoms with Gasteiger partial charge in [-0.3, -0.25) is 9.78 Å². The molecule has 1 N–H and O–H groups in total. The lowest BCUT2D eigenvalue weighted by Gasteiger charge is -2.03. The molecule has 0 aliphatic rings. The lowest BCUT2D eigenvalue weighted by atomic mass is 10.2. The van der Waals surface area contributed by atoms with Crippen LogP contribution in [0.25, 0.3) is 0 Å². The number of alkyl halides is 1. The molecule has 2 aromatic heterocycles. The van der Waals surface area contributed by atoms with Crippen LogP contribution in [0.4, 0.5) is 0 Å². The first-order valence-corrected chi connectivity index (χ1v) is 6.52. The van der Waals surface area contributed by atoms with E-state index in [1.165, 1.54) is 0 Å². The molecule has 2 rings (SSSR count). The molecule has 0 saturated heterocycles. The van der Waals surface area contributed by atoms with Gasteiger partial charge in [0.1, 0.15) is 5.76 Å². The summed E-state index contributed by atoms with van der Waals surface area (Å²) in [6.45, 7) is 2.31. The maximum absolute atomic E-state index is 11.8. The molecule has 19 heavy (non-hydrogen) atoms. The summed E-state index contributed by atoms with van der Waals surface area (Å²) in [6.07, 6.45) is 2.42. The van der Waals surface area contributed by atoms with E-state index in [2.05, 4.69) is 10.3 Å². The van der Waals surface area contributed by atoms with E-state index in [0.717, 1.165) is 5.69 Å². The summed E-state index contributed by atoms with van der Waals surface area (Å²) >= 11 is 5.87. The molecule has 1 amide bonds. The van der Waals surface area contributed by atoms with E-state index in [-0.39, 0.29) is 17.0 Å². The van der Waals surface area contributed by atoms with Crippen LogP contribution >= 0.6 is 11.6 Å². The molecule has 2 heterocycles. The number of aromatic nitrogens is 1. The van der Waals surface area contributed by atoms with Crippen LogP contribution in [-0.4, -0.2) is 17.4 Å². The number of rotatable bonds is 5. The van der Waals surface area contributed by atoms with Gasteiger partial charge >= 0.3 is 0 Å². The van der Waals surface area contributed by atoms with E-state index in [0.29, 0.717) is 18.7 Å². The second-order valence-electron chi connectivity index (χ2n) is 4.14. The van der Waals surface area contributed by atoms with Gasteiger partial charge in [0, 0.05) is 24.9 Å². The van der Waals surface area contributed by atoms with Gasteiger partial charge in [-0.2, -0.15) is 0 Å². The van der Waals surface area contributed by atoms with E-state index in [9.17, 15) is 4.79 Å². The van der Waals surface area contributed by atoms with Gasteiger partial charge in [0.05, 0.1) is 5.38 Å². The molecule has 0 bridgehead atoms. The summed E-state index contributed by atoms with van der Waals surface area (Å²) in [5, 5.41) is 2.54. The van der Waals surface area contributed by atoms with Crippen LogP contribution < -0.4 is 5.32 Å². The van der Waals surface area contributed by atoms with Crippen molar-refractivity contribution >= 4 is 17.5 Å². The van der Waals surface area contributed by atoms with Gasteiger partial charge in [0.2, 0.25) is 0 Å². The zero-order valence-electron chi connectivity index (χ0n) is 10.6. The first-order valence-electron chi connectivity index (χ1n) is 6.08. The van der Waals surface area contributed by atoms with E-state index < -0.39 is 0 Å². The van der Waals surface area contributed by atoms with E-state index in [1.807, 2.05) is 18.2 Å². The number of nitrogens with one attached hydrogen (secondary N) is 1. The zero-order chi connectivity index (χ0) is 13.7. The summed E-state index contributed by atoms with van der Waals surface area (Å²) in [5.41, 5.74) is 0.942. The Bertz CT molecular complexity index is 537. The second-order valence-corrected chi connectivity index (χ2v) is 4.80. The van der Waals surface area contributed by atoms with Crippen molar-refractivity contribution in [2.24, 2.45) is 0 Å². The standard InChI is InChI=1S/C14H15ClN2O2/c1-10(15)12-5-6-13(19-12)14(18)17-9-7-11-4-2-3-8-16-11/h2-6,8,10H,7,9H2,1H3,(H,17,18). The summed E-state index contributed by atoms with van der Waals surface area (Å²) in [5.74, 6) is 0.638. The van der Waals surface area contributed by atoms with Gasteiger partial charge in [-0.15, -0.1) is 11.6 Å². The van der Waals surface area contributed by atoms with Crippen LogP contribution in [-0.2, 0) is 6.42 Å². The highest BCUT2D eigenvalue weighted by molar-refractivity contribution is 6.20. The summed E-state index contributed by atoms with van der Waals surface area (Å²) < 4.78 is 5.35. The fourth-order valence-corrected chi connectivity index (χ4v) is 1.74. The molecule has 0 radical (unpaired) electrons. The Hall–Kier alpha value is -1.81. The molecule has 0 saturated carbocycles. The van der Waals surface area contributed by atoms with Crippen LogP contribution in [0.2, 0.25) is 0 Å². The minimum Gasteiger partial charge on any atom is -0.454 e. The Morgan fingerprint density at radius 3 is 2.89 bits per heavy atom. The van der Waals surface area contributed by atoms with Crippen molar-refractivity contribution in [2.75, 3.05) is 6.54 Å². The smallest absolute Gasteiger partial charge is 0.287 e. The Labute approximate surface area is 116 Å². The first kappa shape index (κ1) is 13.6. The minimum absolute atomic E-state index is 0.237. The SMILES string of the molecule is CC(Cl)c1ccc(C(=O)NCCc2ccccn2)o1. The number of pyridine rings is 1. The summed E-state index contributed by atoms with van der Waals surface area (Å²) in [4.78, 5) is 16.0. The third-order valence-corrected chi connectivity index (χ3v) is 2.85. The van der Waals surface area contributed by atoms with Crippen molar-refractivity contribution in [2.45, 2.75) is 18.7 Å². The third-order valence-electron chi connectivity index (χ3n) is 2.64. The normalized spacial score (nSPS) is 12.1. The predicted molar refractivity (Wildman–Crippen MR) is 73.3 cm³/mol. The third kappa shape index (κ3) is 3.83. The van der Waals surface area contributed by atoms with Gasteiger partial charge in [-0.1, -0.05) is 6.07 Å². The molecule has 0 spiro atoms. The number of carbonyl (C=O) groups excluding carboxylic acids is 1. The summed E-state index contributed by atoms with van der Waals surface area (Å²) in [7, 11) is 0. The zero-order valence-corrected chi connectivity index (χ0v) is 11.4. The summed E-state index contributed by atoms with van der Waals surface area (Å²) in [6, 6.07) is 9.05. The molecule has 0 aliphatic heterocycles. The highest BCUT2D eigenvalue weighted by Crippen LogP contribution is 2.21. The Morgan fingerprint density at radius 2 is 2.26 bits per heavy atom. The van der Waals surface area contributed by atoms with Crippen molar-refractivity contribution < 1.29 is 9.21 Å². The van der Waals surface area contributed by atoms with E-state index in [1.54, 1.807) is 25.3 Å². The molecular formula is C14H15ClN2O2. The maximum atomic E-state index is 11.8. The highest BCUT2D eigenvalue weighted by atomic mass is 35.5. The molecule has 0 fully saturated rings. The highest BCUT2D eigenvalue weighted by Gasteiger charge is 2.13. The van der Waals surface area contributed by atoms with Crippen molar-refractivity contribution in [3.63, 3.8) is 0 Å². The van der Waals surface area contributed by atoms with Gasteiger partial charge in [-0.25, -0.2) is 0 Å². The average molecular weight is 279 g/mol. The molecular weight excluding hydrogens is 264 g/mol. The maximum Gasteiger partial charge on any atom is 0.287 e. The van der Waals surface area contributed by atoms with Crippen molar-refractivity contribution in [3.8, 4) is 0 Å². The molecule has 100 valence electrons. The van der Waals surface area contributed by atoms with Gasteiger partial charge < -0.3 is 9.73 Å². The Kier molecular flexibility index (Phi) is 4.58. The number of furan rings is 1. The number of halogens is 1. The van der Waals surface area contributed by atoms with Crippen LogP contribution in [0.5, 0.6) is 0 Å². The fourth-order valence-electron chi connectivity index (χ4n) is 1.63. The number of amides is 1. The van der Waals surface area contributed by atoms with Gasteiger partial charge in [-0.05, 0) is 31.2 Å². The average Bonchev–Trinajstić information content (AvgIpc) is 2.89. The predicted octanol–water partition coefficient (Wildman–Crippen LogP) is 2.95. The largest absolute Gasteiger partial charge is 0.454 e. The lowest BCUT2D eigenvalue weighted by molar-refractivity contribution is 0.0924. The molecule has 2 aromatic rings. The molecule has 0 aromatic carbocycles. The Balaban J connectivity index is 1.84. The molecule has 1 unspecified atom stereocenters. The van der Waals surface area contributed by atoms with Crippen molar-refractivity contribution in [1.82, 2.24) is 10.3 Å². The van der Waals surface area contributed by atoms with Crippen LogP contribution in [0, 0.1) is 0 Å². The van der Waals surface area contributed by atoms with E-state index >= 15 is 0 Å². The second kappa shape index (κ2) is 6.38. The first-order chi connectivity index (χ1) is 9.16. The van der Waals surface area contributed by atoms with Crippen molar-refractivity contribution in [3.05, 3.63) is 53.7 Å².